The molecule has 5 heteroatoms. The summed E-state index contributed by atoms with van der Waals surface area (Å²) in [7, 11) is 0. The molecule has 1 atom stereocenters. The Balaban J connectivity index is 2.37. The van der Waals surface area contributed by atoms with Crippen LogP contribution in [0.1, 0.15) is 25.8 Å². The van der Waals surface area contributed by atoms with Crippen molar-refractivity contribution in [3.05, 3.63) is 29.8 Å². The largest absolute Gasteiger partial charge is 0.416 e. The topological polar surface area (TPSA) is 27.0 Å². The maximum Gasteiger partial charge on any atom is 0.416 e. The van der Waals surface area contributed by atoms with Crippen LogP contribution < -0.4 is 4.90 Å². The fourth-order valence-corrected chi connectivity index (χ4v) is 2.62. The molecule has 1 aliphatic rings. The van der Waals surface area contributed by atoms with Crippen LogP contribution in [-0.4, -0.2) is 12.1 Å². The van der Waals surface area contributed by atoms with Crippen LogP contribution in [-0.2, 0) is 6.18 Å². The lowest BCUT2D eigenvalue weighted by molar-refractivity contribution is -0.137. The van der Waals surface area contributed by atoms with Gasteiger partial charge in [-0.3, -0.25) is 0 Å². The standard InChI is InChI=1S/C14H15F3N2/c1-13(2)11(9-18)6-7-19(13)12-5-3-4-10(8-12)14(15,16)17/h3-5,8,11H,6-7H2,1-2H3. The molecule has 1 aromatic carbocycles. The van der Waals surface area contributed by atoms with Crippen LogP contribution >= 0.6 is 0 Å². The lowest BCUT2D eigenvalue weighted by atomic mass is 9.89. The molecule has 1 heterocycles. The first kappa shape index (κ1) is 13.7. The predicted octanol–water partition coefficient (Wildman–Crippen LogP) is 3.83. The number of hydrogen-bond acceptors (Lipinski definition) is 2. The second kappa shape index (κ2) is 4.44. The molecule has 1 aromatic rings. The molecule has 0 aliphatic carbocycles. The van der Waals surface area contributed by atoms with Crippen molar-refractivity contribution >= 4 is 5.69 Å². The molecular weight excluding hydrogens is 253 g/mol. The third-order valence-electron chi connectivity index (χ3n) is 3.83. The molecule has 0 aromatic heterocycles. The molecule has 19 heavy (non-hydrogen) atoms. The van der Waals surface area contributed by atoms with E-state index in [-0.39, 0.29) is 5.92 Å². The fourth-order valence-electron chi connectivity index (χ4n) is 2.62. The minimum atomic E-state index is -4.34. The summed E-state index contributed by atoms with van der Waals surface area (Å²) < 4.78 is 38.2. The van der Waals surface area contributed by atoms with Gasteiger partial charge in [0.1, 0.15) is 0 Å². The number of halogens is 3. The second-order valence-electron chi connectivity index (χ2n) is 5.32. The third kappa shape index (κ3) is 2.40. The Morgan fingerprint density at radius 2 is 2.05 bits per heavy atom. The van der Waals surface area contributed by atoms with Gasteiger partial charge in [0.2, 0.25) is 0 Å². The van der Waals surface area contributed by atoms with Gasteiger partial charge in [0.25, 0.3) is 0 Å². The summed E-state index contributed by atoms with van der Waals surface area (Å²) in [4.78, 5) is 1.89. The number of anilines is 1. The van der Waals surface area contributed by atoms with Crippen LogP contribution in [0.15, 0.2) is 24.3 Å². The number of nitriles is 1. The highest BCUT2D eigenvalue weighted by Gasteiger charge is 2.42. The van der Waals surface area contributed by atoms with E-state index in [0.29, 0.717) is 18.7 Å². The van der Waals surface area contributed by atoms with Crippen LogP contribution in [0.4, 0.5) is 18.9 Å². The van der Waals surface area contributed by atoms with Crippen molar-refractivity contribution in [2.75, 3.05) is 11.4 Å². The highest BCUT2D eigenvalue weighted by atomic mass is 19.4. The van der Waals surface area contributed by atoms with E-state index in [1.165, 1.54) is 6.07 Å². The molecule has 1 saturated heterocycles. The van der Waals surface area contributed by atoms with Crippen LogP contribution in [0.5, 0.6) is 0 Å². The Kier molecular flexibility index (Phi) is 3.21. The van der Waals surface area contributed by atoms with E-state index in [9.17, 15) is 13.2 Å². The van der Waals surface area contributed by atoms with Crippen molar-refractivity contribution in [2.24, 2.45) is 5.92 Å². The van der Waals surface area contributed by atoms with E-state index in [1.807, 2.05) is 18.7 Å². The summed E-state index contributed by atoms with van der Waals surface area (Å²) in [5.74, 6) is -0.165. The van der Waals surface area contributed by atoms with Gasteiger partial charge in [0.15, 0.2) is 0 Å². The molecule has 0 spiro atoms. The Morgan fingerprint density at radius 1 is 1.37 bits per heavy atom. The van der Waals surface area contributed by atoms with Crippen molar-refractivity contribution in [2.45, 2.75) is 32.0 Å². The first-order chi connectivity index (χ1) is 8.76. The maximum absolute atomic E-state index is 12.7. The molecule has 1 fully saturated rings. The first-order valence-corrected chi connectivity index (χ1v) is 6.11. The summed E-state index contributed by atoms with van der Waals surface area (Å²) in [5, 5.41) is 9.09. The van der Waals surface area contributed by atoms with Gasteiger partial charge in [-0.05, 0) is 38.5 Å². The van der Waals surface area contributed by atoms with Crippen molar-refractivity contribution in [3.63, 3.8) is 0 Å². The number of hydrogen-bond donors (Lipinski definition) is 0. The van der Waals surface area contributed by atoms with Gasteiger partial charge in [-0.25, -0.2) is 0 Å². The normalized spacial score (nSPS) is 22.3. The average molecular weight is 268 g/mol. The molecule has 2 rings (SSSR count). The highest BCUT2D eigenvalue weighted by Crippen LogP contribution is 2.39. The molecule has 0 amide bonds. The fraction of sp³-hybridized carbons (Fsp3) is 0.500. The average Bonchev–Trinajstić information content (AvgIpc) is 2.63. The Morgan fingerprint density at radius 3 is 2.58 bits per heavy atom. The summed E-state index contributed by atoms with van der Waals surface area (Å²) in [6.45, 7) is 4.40. The third-order valence-corrected chi connectivity index (χ3v) is 3.83. The van der Waals surface area contributed by atoms with Crippen molar-refractivity contribution in [1.82, 2.24) is 0 Å². The SMILES string of the molecule is CC1(C)C(C#N)CCN1c1cccc(C(F)(F)F)c1. The molecule has 0 saturated carbocycles. The molecular formula is C14H15F3N2. The lowest BCUT2D eigenvalue weighted by Crippen LogP contribution is -2.42. The van der Waals surface area contributed by atoms with Crippen LogP contribution in [0, 0.1) is 17.2 Å². The minimum Gasteiger partial charge on any atom is -0.365 e. The van der Waals surface area contributed by atoms with Gasteiger partial charge in [-0.15, -0.1) is 0 Å². The first-order valence-electron chi connectivity index (χ1n) is 6.11. The lowest BCUT2D eigenvalue weighted by Gasteiger charge is -2.35. The van der Waals surface area contributed by atoms with E-state index >= 15 is 0 Å². The quantitative estimate of drug-likeness (QED) is 0.774. The van der Waals surface area contributed by atoms with Crippen molar-refractivity contribution in [3.8, 4) is 6.07 Å². The number of rotatable bonds is 1. The van der Waals surface area contributed by atoms with Crippen molar-refractivity contribution < 1.29 is 13.2 Å². The van der Waals surface area contributed by atoms with Crippen LogP contribution in [0.3, 0.4) is 0 Å². The Bertz CT molecular complexity index is 514. The van der Waals surface area contributed by atoms with Crippen molar-refractivity contribution in [1.29, 1.82) is 5.26 Å². The monoisotopic (exact) mass is 268 g/mol. The number of nitrogens with zero attached hydrogens (tertiary/aromatic N) is 2. The Labute approximate surface area is 110 Å². The minimum absolute atomic E-state index is 0.165. The maximum atomic E-state index is 12.7. The van der Waals surface area contributed by atoms with Gasteiger partial charge in [0, 0.05) is 12.2 Å². The van der Waals surface area contributed by atoms with Crippen LogP contribution in [0.25, 0.3) is 0 Å². The van der Waals surface area contributed by atoms with Gasteiger partial charge in [0.05, 0.1) is 23.1 Å². The summed E-state index contributed by atoms with van der Waals surface area (Å²) >= 11 is 0. The number of benzene rings is 1. The molecule has 1 unspecified atom stereocenters. The van der Waals surface area contributed by atoms with E-state index in [4.69, 9.17) is 5.26 Å². The number of alkyl halides is 3. The van der Waals surface area contributed by atoms with E-state index in [2.05, 4.69) is 6.07 Å². The molecule has 102 valence electrons. The molecule has 1 aliphatic heterocycles. The summed E-state index contributed by atoms with van der Waals surface area (Å²) in [6, 6.07) is 7.53. The van der Waals surface area contributed by atoms with E-state index in [1.54, 1.807) is 6.07 Å². The zero-order chi connectivity index (χ0) is 14.3. The van der Waals surface area contributed by atoms with E-state index in [0.717, 1.165) is 12.1 Å². The van der Waals surface area contributed by atoms with Gasteiger partial charge >= 0.3 is 6.18 Å². The predicted molar refractivity (Wildman–Crippen MR) is 66.6 cm³/mol. The highest BCUT2D eigenvalue weighted by molar-refractivity contribution is 5.53. The smallest absolute Gasteiger partial charge is 0.365 e. The molecule has 0 bridgehead atoms. The Hall–Kier alpha value is -1.70. The van der Waals surface area contributed by atoms with Gasteiger partial charge in [-0.1, -0.05) is 6.07 Å². The summed E-state index contributed by atoms with van der Waals surface area (Å²) in [6.07, 6.45) is -3.66. The van der Waals surface area contributed by atoms with Crippen LogP contribution in [0.2, 0.25) is 0 Å². The molecule has 2 nitrogen and oxygen atoms in total. The van der Waals surface area contributed by atoms with E-state index < -0.39 is 17.3 Å². The second-order valence-corrected chi connectivity index (χ2v) is 5.32. The summed E-state index contributed by atoms with van der Waals surface area (Å²) in [5.41, 5.74) is -0.572. The van der Waals surface area contributed by atoms with Gasteiger partial charge in [-0.2, -0.15) is 18.4 Å². The molecule has 0 N–H and O–H groups in total. The zero-order valence-corrected chi connectivity index (χ0v) is 10.8. The molecule has 0 radical (unpaired) electrons. The van der Waals surface area contributed by atoms with Gasteiger partial charge < -0.3 is 4.90 Å². The zero-order valence-electron chi connectivity index (χ0n) is 10.8.